The third-order valence-corrected chi connectivity index (χ3v) is 4.37. The Morgan fingerprint density at radius 3 is 2.79 bits per heavy atom. The fourth-order valence-electron chi connectivity index (χ4n) is 3.00. The van der Waals surface area contributed by atoms with Gasteiger partial charge >= 0.3 is 6.36 Å². The van der Waals surface area contributed by atoms with Gasteiger partial charge in [0.25, 0.3) is 0 Å². The Bertz CT molecular complexity index is 774. The van der Waals surface area contributed by atoms with Gasteiger partial charge in [-0.2, -0.15) is 5.26 Å². The molecule has 2 unspecified atom stereocenters. The molecule has 152 valence electrons. The van der Waals surface area contributed by atoms with E-state index in [-0.39, 0.29) is 36.0 Å². The Balaban J connectivity index is 2.04. The summed E-state index contributed by atoms with van der Waals surface area (Å²) in [6.07, 6.45) is -3.72. The molecule has 1 saturated heterocycles. The molecule has 3 N–H and O–H groups in total. The molecular weight excluding hydrogens is 377 g/mol. The zero-order valence-corrected chi connectivity index (χ0v) is 15.3. The lowest BCUT2D eigenvalue weighted by Gasteiger charge is -2.33. The van der Waals surface area contributed by atoms with Gasteiger partial charge in [-0.1, -0.05) is 6.07 Å². The molecule has 1 aromatic rings. The molecule has 0 saturated carbocycles. The maximum atomic E-state index is 12.6. The molecule has 1 aliphatic rings. The van der Waals surface area contributed by atoms with Crippen molar-refractivity contribution in [1.29, 1.82) is 5.26 Å². The maximum absolute atomic E-state index is 12.6. The van der Waals surface area contributed by atoms with E-state index in [2.05, 4.69) is 10.1 Å². The van der Waals surface area contributed by atoms with Crippen LogP contribution in [0, 0.1) is 17.2 Å². The second-order valence-electron chi connectivity index (χ2n) is 6.61. The quantitative estimate of drug-likeness (QED) is 0.784. The monoisotopic (exact) mass is 398 g/mol. The lowest BCUT2D eigenvalue weighted by atomic mass is 9.96. The predicted octanol–water partition coefficient (Wildman–Crippen LogP) is 1.66. The molecule has 10 heteroatoms. The average molecular weight is 398 g/mol. The highest BCUT2D eigenvalue weighted by atomic mass is 19.4. The Hall–Kier alpha value is -2.80. The Labute approximate surface area is 160 Å². The first kappa shape index (κ1) is 21.5. The molecule has 0 radical (unpaired) electrons. The first-order valence-electron chi connectivity index (χ1n) is 8.71. The number of nitrogens with zero attached hydrogens (tertiary/aromatic N) is 2. The number of hydrogen-bond acceptors (Lipinski definition) is 5. The lowest BCUT2D eigenvalue weighted by Crippen LogP contribution is -2.49. The summed E-state index contributed by atoms with van der Waals surface area (Å²) in [7, 11) is 0. The molecule has 7 nitrogen and oxygen atoms in total. The van der Waals surface area contributed by atoms with Crippen LogP contribution in [-0.4, -0.2) is 42.2 Å². The van der Waals surface area contributed by atoms with Crippen LogP contribution in [0.25, 0.3) is 0 Å². The Kier molecular flexibility index (Phi) is 6.85. The van der Waals surface area contributed by atoms with E-state index in [1.165, 1.54) is 17.0 Å². The molecule has 0 aliphatic carbocycles. The van der Waals surface area contributed by atoms with Crippen molar-refractivity contribution in [3.05, 3.63) is 29.3 Å². The predicted molar refractivity (Wildman–Crippen MR) is 92.6 cm³/mol. The van der Waals surface area contributed by atoms with E-state index in [0.717, 1.165) is 6.07 Å². The number of hydrogen-bond donors (Lipinski definition) is 2. The van der Waals surface area contributed by atoms with Crippen LogP contribution in [0.2, 0.25) is 0 Å². The summed E-state index contributed by atoms with van der Waals surface area (Å²) in [5.74, 6) is -1.62. The normalized spacial score (nSPS) is 18.1. The third kappa shape index (κ3) is 5.85. The summed E-state index contributed by atoms with van der Waals surface area (Å²) in [4.78, 5) is 26.0. The Morgan fingerprint density at radius 2 is 2.18 bits per heavy atom. The van der Waals surface area contributed by atoms with E-state index in [0.29, 0.717) is 19.4 Å². The van der Waals surface area contributed by atoms with Gasteiger partial charge in [-0.25, -0.2) is 0 Å². The van der Waals surface area contributed by atoms with Crippen LogP contribution in [0.3, 0.4) is 0 Å². The van der Waals surface area contributed by atoms with Crippen LogP contribution in [0.5, 0.6) is 5.75 Å². The summed E-state index contributed by atoms with van der Waals surface area (Å²) in [6, 6.07) is 4.69. The van der Waals surface area contributed by atoms with Gasteiger partial charge < -0.3 is 20.7 Å². The number of amides is 2. The van der Waals surface area contributed by atoms with Crippen LogP contribution in [0.4, 0.5) is 13.2 Å². The number of piperidine rings is 1. The van der Waals surface area contributed by atoms with Gasteiger partial charge in [0, 0.05) is 25.2 Å². The number of halogens is 3. The number of carbonyl (C=O) groups is 2. The SMILES string of the molecule is CC(N)C(=O)N1CCCC(C(=O)NCc2ccc(C#N)cc2OC(F)(F)F)C1. The summed E-state index contributed by atoms with van der Waals surface area (Å²) in [6.45, 7) is 2.10. The molecule has 0 bridgehead atoms. The first-order valence-corrected chi connectivity index (χ1v) is 8.71. The Morgan fingerprint density at radius 1 is 1.46 bits per heavy atom. The molecule has 0 spiro atoms. The summed E-state index contributed by atoms with van der Waals surface area (Å²) in [5.41, 5.74) is 5.69. The van der Waals surface area contributed by atoms with Crippen molar-refractivity contribution < 1.29 is 27.5 Å². The first-order chi connectivity index (χ1) is 13.1. The number of nitrogens with one attached hydrogen (secondary N) is 1. The number of nitriles is 1. The van der Waals surface area contributed by atoms with E-state index >= 15 is 0 Å². The van der Waals surface area contributed by atoms with Crippen LogP contribution in [0.1, 0.15) is 30.9 Å². The zero-order valence-electron chi connectivity index (χ0n) is 15.3. The summed E-state index contributed by atoms with van der Waals surface area (Å²) >= 11 is 0. The van der Waals surface area contributed by atoms with Gasteiger partial charge in [0.15, 0.2) is 0 Å². The van der Waals surface area contributed by atoms with Gasteiger partial charge in [0.1, 0.15) is 5.75 Å². The number of carbonyl (C=O) groups excluding carboxylic acids is 2. The minimum atomic E-state index is -4.92. The lowest BCUT2D eigenvalue weighted by molar-refractivity contribution is -0.274. The molecule has 1 aliphatic heterocycles. The molecule has 1 heterocycles. The van der Waals surface area contributed by atoms with Gasteiger partial charge in [0.2, 0.25) is 11.8 Å². The summed E-state index contributed by atoms with van der Waals surface area (Å²) in [5, 5.41) is 11.4. The van der Waals surface area contributed by atoms with E-state index in [1.807, 2.05) is 0 Å². The van der Waals surface area contributed by atoms with Gasteiger partial charge in [-0.05, 0) is 31.9 Å². The van der Waals surface area contributed by atoms with Crippen LogP contribution < -0.4 is 15.8 Å². The van der Waals surface area contributed by atoms with Crippen molar-refractivity contribution in [3.8, 4) is 11.8 Å². The third-order valence-electron chi connectivity index (χ3n) is 4.37. The number of ether oxygens (including phenoxy) is 1. The highest BCUT2D eigenvalue weighted by Crippen LogP contribution is 2.28. The highest BCUT2D eigenvalue weighted by molar-refractivity contribution is 5.83. The maximum Gasteiger partial charge on any atom is 0.573 e. The summed E-state index contributed by atoms with van der Waals surface area (Å²) < 4.78 is 41.7. The van der Waals surface area contributed by atoms with Crippen molar-refractivity contribution in [1.82, 2.24) is 10.2 Å². The number of alkyl halides is 3. The number of nitrogens with two attached hydrogens (primary N) is 1. The van der Waals surface area contributed by atoms with Gasteiger partial charge in [-0.3, -0.25) is 9.59 Å². The number of likely N-dealkylation sites (tertiary alicyclic amines) is 1. The van der Waals surface area contributed by atoms with Crippen molar-refractivity contribution in [2.75, 3.05) is 13.1 Å². The van der Waals surface area contributed by atoms with Gasteiger partial charge in [-0.15, -0.1) is 13.2 Å². The molecule has 2 amide bonds. The highest BCUT2D eigenvalue weighted by Gasteiger charge is 2.33. The fraction of sp³-hybridized carbons (Fsp3) is 0.500. The van der Waals surface area contributed by atoms with Crippen LogP contribution >= 0.6 is 0 Å². The van der Waals surface area contributed by atoms with Crippen molar-refractivity contribution in [2.24, 2.45) is 11.7 Å². The minimum absolute atomic E-state index is 0.00617. The van der Waals surface area contributed by atoms with E-state index in [9.17, 15) is 22.8 Å². The van der Waals surface area contributed by atoms with E-state index in [4.69, 9.17) is 11.0 Å². The fourth-order valence-corrected chi connectivity index (χ4v) is 3.00. The number of rotatable bonds is 5. The molecule has 2 rings (SSSR count). The second-order valence-corrected chi connectivity index (χ2v) is 6.61. The van der Waals surface area contributed by atoms with E-state index in [1.54, 1.807) is 13.0 Å². The molecule has 0 aromatic heterocycles. The molecule has 1 aromatic carbocycles. The zero-order chi connectivity index (χ0) is 20.9. The standard InChI is InChI=1S/C18H21F3N4O3/c1-11(23)17(27)25-6-2-3-14(10-25)16(26)24-9-13-5-4-12(8-22)7-15(13)28-18(19,20)21/h4-5,7,11,14H,2-3,6,9-10,23H2,1H3,(H,24,26). The molecule has 1 fully saturated rings. The van der Waals surface area contributed by atoms with Crippen molar-refractivity contribution >= 4 is 11.8 Å². The molecule has 2 atom stereocenters. The molecular formula is C18H21F3N4O3. The van der Waals surface area contributed by atoms with Gasteiger partial charge in [0.05, 0.1) is 23.6 Å². The van der Waals surface area contributed by atoms with Crippen LogP contribution in [-0.2, 0) is 16.1 Å². The minimum Gasteiger partial charge on any atom is -0.405 e. The number of benzene rings is 1. The average Bonchev–Trinajstić information content (AvgIpc) is 2.64. The van der Waals surface area contributed by atoms with Crippen molar-refractivity contribution in [2.45, 2.75) is 38.7 Å². The van der Waals surface area contributed by atoms with Crippen molar-refractivity contribution in [3.63, 3.8) is 0 Å². The smallest absolute Gasteiger partial charge is 0.405 e. The largest absolute Gasteiger partial charge is 0.573 e. The molecule has 28 heavy (non-hydrogen) atoms. The second kappa shape index (κ2) is 8.93. The van der Waals surface area contributed by atoms with E-state index < -0.39 is 24.1 Å². The van der Waals surface area contributed by atoms with Crippen LogP contribution in [0.15, 0.2) is 18.2 Å². The topological polar surface area (TPSA) is 108 Å².